The second-order valence-corrected chi connectivity index (χ2v) is 7.28. The first-order valence-corrected chi connectivity index (χ1v) is 7.99. The molecule has 1 saturated heterocycles. The van der Waals surface area contributed by atoms with Crippen molar-refractivity contribution in [1.29, 1.82) is 0 Å². The van der Waals surface area contributed by atoms with Crippen LogP contribution in [-0.2, 0) is 0 Å². The van der Waals surface area contributed by atoms with Crippen LogP contribution in [0.2, 0.25) is 0 Å². The van der Waals surface area contributed by atoms with Gasteiger partial charge in [0.25, 0.3) is 0 Å². The van der Waals surface area contributed by atoms with E-state index in [1.165, 1.54) is 49.4 Å². The van der Waals surface area contributed by atoms with Gasteiger partial charge in [-0.3, -0.25) is 4.99 Å². The molecule has 0 aromatic rings. The van der Waals surface area contributed by atoms with Crippen molar-refractivity contribution in [3.05, 3.63) is 0 Å². The minimum absolute atomic E-state index is 0.275. The summed E-state index contributed by atoms with van der Waals surface area (Å²) in [5, 5.41) is 4.77. The number of rotatable bonds is 3. The molecule has 3 heteroatoms. The Bertz CT molecular complexity index is 295. The largest absolute Gasteiger partial charge is 0.359 e. The van der Waals surface area contributed by atoms with Gasteiger partial charge in [-0.25, -0.2) is 0 Å². The molecule has 98 valence electrons. The SMILES string of the molecule is CCC1(C)CSC(=NCC2(C)CCCCC2)N1. The van der Waals surface area contributed by atoms with Crippen LogP contribution < -0.4 is 5.32 Å². The van der Waals surface area contributed by atoms with E-state index < -0.39 is 0 Å². The Hall–Kier alpha value is -0.180. The molecule has 1 aliphatic heterocycles. The molecular weight excluding hydrogens is 228 g/mol. The fourth-order valence-corrected chi connectivity index (χ4v) is 3.87. The first kappa shape index (κ1) is 13.3. The van der Waals surface area contributed by atoms with E-state index in [9.17, 15) is 0 Å². The maximum atomic E-state index is 4.83. The molecule has 1 unspecified atom stereocenters. The topological polar surface area (TPSA) is 24.4 Å². The Balaban J connectivity index is 1.89. The zero-order valence-electron chi connectivity index (χ0n) is 11.5. The van der Waals surface area contributed by atoms with Gasteiger partial charge in [0.15, 0.2) is 5.17 Å². The number of thioether (sulfide) groups is 1. The third-order valence-electron chi connectivity index (χ3n) is 4.38. The minimum Gasteiger partial charge on any atom is -0.359 e. The summed E-state index contributed by atoms with van der Waals surface area (Å²) in [5.74, 6) is 1.17. The van der Waals surface area contributed by atoms with Crippen molar-refractivity contribution in [2.24, 2.45) is 10.4 Å². The van der Waals surface area contributed by atoms with Crippen LogP contribution in [0.1, 0.15) is 59.3 Å². The molecule has 1 saturated carbocycles. The maximum Gasteiger partial charge on any atom is 0.157 e. The molecule has 1 atom stereocenters. The molecule has 0 spiro atoms. The first-order valence-electron chi connectivity index (χ1n) is 7.01. The van der Waals surface area contributed by atoms with Crippen LogP contribution in [-0.4, -0.2) is 23.0 Å². The molecule has 2 rings (SSSR count). The van der Waals surface area contributed by atoms with Crippen LogP contribution in [0.25, 0.3) is 0 Å². The molecule has 1 N–H and O–H groups in total. The maximum absolute atomic E-state index is 4.83. The van der Waals surface area contributed by atoms with Crippen molar-refractivity contribution in [2.75, 3.05) is 12.3 Å². The van der Waals surface area contributed by atoms with Crippen LogP contribution in [0, 0.1) is 5.41 Å². The summed E-state index contributed by atoms with van der Waals surface area (Å²) in [6.07, 6.45) is 8.12. The molecule has 1 heterocycles. The highest BCUT2D eigenvalue weighted by Crippen LogP contribution is 2.36. The Morgan fingerprint density at radius 3 is 2.53 bits per heavy atom. The Kier molecular flexibility index (Phi) is 4.06. The fourth-order valence-electron chi connectivity index (χ4n) is 2.66. The van der Waals surface area contributed by atoms with Crippen LogP contribution in [0.15, 0.2) is 4.99 Å². The van der Waals surface area contributed by atoms with Gasteiger partial charge in [-0.2, -0.15) is 0 Å². The predicted octanol–water partition coefficient (Wildman–Crippen LogP) is 3.82. The van der Waals surface area contributed by atoms with E-state index in [2.05, 4.69) is 26.1 Å². The van der Waals surface area contributed by atoms with Gasteiger partial charge in [0.05, 0.1) is 0 Å². The molecule has 2 fully saturated rings. The minimum atomic E-state index is 0.275. The molecule has 0 aromatic heterocycles. The van der Waals surface area contributed by atoms with Crippen molar-refractivity contribution in [3.63, 3.8) is 0 Å². The highest BCUT2D eigenvalue weighted by Gasteiger charge is 2.32. The fraction of sp³-hybridized carbons (Fsp3) is 0.929. The van der Waals surface area contributed by atoms with Gasteiger partial charge in [0.2, 0.25) is 0 Å². The van der Waals surface area contributed by atoms with E-state index in [0.29, 0.717) is 5.41 Å². The molecular formula is C14H26N2S. The zero-order valence-corrected chi connectivity index (χ0v) is 12.3. The normalized spacial score (nSPS) is 34.9. The quantitative estimate of drug-likeness (QED) is 0.828. The van der Waals surface area contributed by atoms with Gasteiger partial charge in [0, 0.05) is 17.8 Å². The van der Waals surface area contributed by atoms with E-state index in [0.717, 1.165) is 6.54 Å². The lowest BCUT2D eigenvalue weighted by atomic mass is 9.76. The smallest absolute Gasteiger partial charge is 0.157 e. The summed E-state index contributed by atoms with van der Waals surface area (Å²) in [6.45, 7) is 7.97. The van der Waals surface area contributed by atoms with Crippen molar-refractivity contribution in [2.45, 2.75) is 64.8 Å². The zero-order chi connectivity index (χ0) is 12.4. The third kappa shape index (κ3) is 3.40. The summed E-state index contributed by atoms with van der Waals surface area (Å²) in [4.78, 5) is 4.83. The second kappa shape index (κ2) is 5.21. The molecule has 0 aromatic carbocycles. The average molecular weight is 254 g/mol. The molecule has 0 bridgehead atoms. The van der Waals surface area contributed by atoms with Crippen LogP contribution in [0.3, 0.4) is 0 Å². The van der Waals surface area contributed by atoms with Gasteiger partial charge in [0.1, 0.15) is 0 Å². The first-order chi connectivity index (χ1) is 8.05. The van der Waals surface area contributed by atoms with Crippen molar-refractivity contribution < 1.29 is 0 Å². The van der Waals surface area contributed by atoms with E-state index in [1.807, 2.05) is 11.8 Å². The van der Waals surface area contributed by atoms with Crippen LogP contribution in [0.4, 0.5) is 0 Å². The number of amidine groups is 1. The predicted molar refractivity (Wildman–Crippen MR) is 77.8 cm³/mol. The standard InChI is InChI=1S/C14H26N2S/c1-4-14(3)11-17-12(16-14)15-10-13(2)8-6-5-7-9-13/h4-11H2,1-3H3,(H,15,16). The summed E-state index contributed by atoms with van der Waals surface area (Å²) < 4.78 is 0. The van der Waals surface area contributed by atoms with Crippen molar-refractivity contribution in [3.8, 4) is 0 Å². The van der Waals surface area contributed by atoms with E-state index in [1.54, 1.807) is 0 Å². The Morgan fingerprint density at radius 2 is 1.94 bits per heavy atom. The number of hydrogen-bond donors (Lipinski definition) is 1. The van der Waals surface area contributed by atoms with Gasteiger partial charge in [-0.05, 0) is 31.6 Å². The molecule has 2 nitrogen and oxygen atoms in total. The van der Waals surface area contributed by atoms with E-state index in [4.69, 9.17) is 4.99 Å². The lowest BCUT2D eigenvalue weighted by Gasteiger charge is -2.32. The molecule has 2 aliphatic rings. The monoisotopic (exact) mass is 254 g/mol. The van der Waals surface area contributed by atoms with Crippen LogP contribution in [0.5, 0.6) is 0 Å². The summed E-state index contributed by atoms with van der Waals surface area (Å²) in [6, 6.07) is 0. The van der Waals surface area contributed by atoms with Gasteiger partial charge in [-0.1, -0.05) is 44.9 Å². The number of nitrogens with one attached hydrogen (secondary N) is 1. The van der Waals surface area contributed by atoms with Crippen molar-refractivity contribution in [1.82, 2.24) is 5.32 Å². The van der Waals surface area contributed by atoms with E-state index in [-0.39, 0.29) is 5.54 Å². The number of nitrogens with zero attached hydrogens (tertiary/aromatic N) is 1. The molecule has 0 amide bonds. The highest BCUT2D eigenvalue weighted by atomic mass is 32.2. The lowest BCUT2D eigenvalue weighted by molar-refractivity contribution is 0.227. The lowest BCUT2D eigenvalue weighted by Crippen LogP contribution is -2.40. The van der Waals surface area contributed by atoms with Gasteiger partial charge < -0.3 is 5.32 Å². The summed E-state index contributed by atoms with van der Waals surface area (Å²) in [5.41, 5.74) is 0.746. The average Bonchev–Trinajstić information content (AvgIpc) is 2.71. The molecule has 0 radical (unpaired) electrons. The van der Waals surface area contributed by atoms with Crippen molar-refractivity contribution >= 4 is 16.9 Å². The third-order valence-corrected chi connectivity index (χ3v) is 5.67. The van der Waals surface area contributed by atoms with Crippen LogP contribution >= 0.6 is 11.8 Å². The van der Waals surface area contributed by atoms with Gasteiger partial charge >= 0.3 is 0 Å². The van der Waals surface area contributed by atoms with E-state index >= 15 is 0 Å². The Morgan fingerprint density at radius 1 is 1.24 bits per heavy atom. The number of aliphatic imine (C=N–C) groups is 1. The summed E-state index contributed by atoms with van der Waals surface area (Å²) in [7, 11) is 0. The van der Waals surface area contributed by atoms with Gasteiger partial charge in [-0.15, -0.1) is 0 Å². The second-order valence-electron chi connectivity index (χ2n) is 6.32. The highest BCUT2D eigenvalue weighted by molar-refractivity contribution is 8.14. The number of hydrogen-bond acceptors (Lipinski definition) is 2. The summed E-state index contributed by atoms with van der Waals surface area (Å²) >= 11 is 1.90. The Labute approximate surface area is 110 Å². The molecule has 1 aliphatic carbocycles. The molecule has 17 heavy (non-hydrogen) atoms.